The predicted molar refractivity (Wildman–Crippen MR) is 67.9 cm³/mol. The fraction of sp³-hybridized carbons (Fsp3) is 0.143. The van der Waals surface area contributed by atoms with Gasteiger partial charge in [-0.25, -0.2) is 0 Å². The lowest BCUT2D eigenvalue weighted by Gasteiger charge is -2.06. The Morgan fingerprint density at radius 1 is 1.21 bits per heavy atom. The van der Waals surface area contributed by atoms with Gasteiger partial charge in [0.1, 0.15) is 0 Å². The van der Waals surface area contributed by atoms with Crippen LogP contribution in [-0.2, 0) is 6.42 Å². The van der Waals surface area contributed by atoms with Crippen LogP contribution in [0.4, 0.5) is 14.5 Å². The minimum atomic E-state index is -1.02. The molecule has 0 fully saturated rings. The minimum absolute atomic E-state index is 0.105. The molecule has 1 aromatic carbocycles. The van der Waals surface area contributed by atoms with Gasteiger partial charge in [-0.1, -0.05) is 19.1 Å². The molecule has 3 nitrogen and oxygen atoms in total. The highest BCUT2D eigenvalue weighted by atomic mass is 19.1. The van der Waals surface area contributed by atoms with Crippen LogP contribution < -0.4 is 5.32 Å². The number of rotatable bonds is 3. The lowest BCUT2D eigenvalue weighted by atomic mass is 10.1. The van der Waals surface area contributed by atoms with Gasteiger partial charge in [0.15, 0.2) is 0 Å². The summed E-state index contributed by atoms with van der Waals surface area (Å²) < 4.78 is 25.8. The second kappa shape index (κ2) is 5.56. The fourth-order valence-electron chi connectivity index (χ4n) is 1.67. The molecule has 5 heteroatoms. The Morgan fingerprint density at radius 2 is 1.89 bits per heavy atom. The second-order valence-corrected chi connectivity index (χ2v) is 4.01. The summed E-state index contributed by atoms with van der Waals surface area (Å²) in [6.07, 6.45) is 0.836. The summed E-state index contributed by atoms with van der Waals surface area (Å²) in [5.74, 6) is -2.62. The zero-order chi connectivity index (χ0) is 13.8. The van der Waals surface area contributed by atoms with Crippen molar-refractivity contribution < 1.29 is 13.6 Å². The Morgan fingerprint density at radius 3 is 2.53 bits per heavy atom. The third-order valence-electron chi connectivity index (χ3n) is 2.62. The smallest absolute Gasteiger partial charge is 0.255 e. The Hall–Kier alpha value is -2.30. The molecule has 1 N–H and O–H groups in total. The molecule has 0 aliphatic carbocycles. The van der Waals surface area contributed by atoms with E-state index in [0.29, 0.717) is 5.69 Å². The van der Waals surface area contributed by atoms with E-state index in [-0.39, 0.29) is 5.56 Å². The van der Waals surface area contributed by atoms with Crippen molar-refractivity contribution in [1.29, 1.82) is 0 Å². The van der Waals surface area contributed by atoms with E-state index in [9.17, 15) is 13.6 Å². The molecule has 1 amide bonds. The predicted octanol–water partition coefficient (Wildman–Crippen LogP) is 3.17. The minimum Gasteiger partial charge on any atom is -0.322 e. The maximum atomic E-state index is 12.9. The summed E-state index contributed by atoms with van der Waals surface area (Å²) in [7, 11) is 0. The van der Waals surface area contributed by atoms with Gasteiger partial charge >= 0.3 is 0 Å². The molecule has 0 aliphatic rings. The first-order valence-electron chi connectivity index (χ1n) is 5.82. The summed E-state index contributed by atoms with van der Waals surface area (Å²) in [6, 6.07) is 9.05. The molecule has 1 aromatic heterocycles. The van der Waals surface area contributed by atoms with Crippen LogP contribution in [0.1, 0.15) is 22.8 Å². The molecule has 0 saturated heterocycles. The van der Waals surface area contributed by atoms with Gasteiger partial charge in [-0.3, -0.25) is 4.79 Å². The molecular weight excluding hydrogens is 250 g/mol. The first-order chi connectivity index (χ1) is 9.08. The third-order valence-corrected chi connectivity index (χ3v) is 2.62. The number of aromatic nitrogens is 1. The van der Waals surface area contributed by atoms with Crippen LogP contribution in [0.25, 0.3) is 0 Å². The number of aryl methyl sites for hydroxylation is 1. The molecule has 2 rings (SSSR count). The van der Waals surface area contributed by atoms with Crippen LogP contribution >= 0.6 is 0 Å². The van der Waals surface area contributed by atoms with Crippen molar-refractivity contribution >= 4 is 11.6 Å². The standard InChI is InChI=1S/C14H12F2N2O/c1-2-9-4-3-5-11(6-9)17-14(19)10-7-12(15)18-13(16)8-10/h3-8H,2H2,1H3,(H,17,19). The van der Waals surface area contributed by atoms with Gasteiger partial charge in [-0.15, -0.1) is 0 Å². The second-order valence-electron chi connectivity index (χ2n) is 4.01. The Balaban J connectivity index is 2.20. The number of amides is 1. The van der Waals surface area contributed by atoms with Crippen molar-refractivity contribution in [1.82, 2.24) is 4.98 Å². The van der Waals surface area contributed by atoms with Crippen molar-refractivity contribution in [3.63, 3.8) is 0 Å². The van der Waals surface area contributed by atoms with Crippen molar-refractivity contribution in [3.05, 3.63) is 59.4 Å². The van der Waals surface area contributed by atoms with E-state index in [1.54, 1.807) is 6.07 Å². The molecular formula is C14H12F2N2O. The van der Waals surface area contributed by atoms with Crippen molar-refractivity contribution in [2.75, 3.05) is 5.32 Å². The Kier molecular flexibility index (Phi) is 3.85. The van der Waals surface area contributed by atoms with Crippen molar-refractivity contribution in [3.8, 4) is 0 Å². The zero-order valence-electron chi connectivity index (χ0n) is 10.3. The van der Waals surface area contributed by atoms with Gasteiger partial charge in [0.05, 0.1) is 0 Å². The lowest BCUT2D eigenvalue weighted by Crippen LogP contribution is -2.13. The number of carbonyl (C=O) groups is 1. The van der Waals surface area contributed by atoms with Gasteiger partial charge in [0, 0.05) is 23.4 Å². The molecule has 0 radical (unpaired) electrons. The van der Waals surface area contributed by atoms with Crippen molar-refractivity contribution in [2.24, 2.45) is 0 Å². The molecule has 0 aliphatic heterocycles. The summed E-state index contributed by atoms with van der Waals surface area (Å²) in [6.45, 7) is 1.99. The Bertz CT molecular complexity index is 594. The lowest BCUT2D eigenvalue weighted by molar-refractivity contribution is 0.102. The van der Waals surface area contributed by atoms with Gasteiger partial charge in [-0.05, 0) is 24.1 Å². The van der Waals surface area contributed by atoms with E-state index in [0.717, 1.165) is 24.1 Å². The number of pyridine rings is 1. The molecule has 98 valence electrons. The van der Waals surface area contributed by atoms with Crippen LogP contribution in [-0.4, -0.2) is 10.9 Å². The van der Waals surface area contributed by atoms with Crippen LogP contribution in [0.3, 0.4) is 0 Å². The van der Waals surface area contributed by atoms with E-state index in [4.69, 9.17) is 0 Å². The van der Waals surface area contributed by atoms with E-state index >= 15 is 0 Å². The van der Waals surface area contributed by atoms with Gasteiger partial charge in [0.25, 0.3) is 5.91 Å². The number of benzene rings is 1. The summed E-state index contributed by atoms with van der Waals surface area (Å²) in [5.41, 5.74) is 1.54. The van der Waals surface area contributed by atoms with Crippen molar-refractivity contribution in [2.45, 2.75) is 13.3 Å². The molecule has 0 atom stereocenters. The molecule has 2 aromatic rings. The maximum absolute atomic E-state index is 12.9. The first-order valence-corrected chi connectivity index (χ1v) is 5.82. The van der Waals surface area contributed by atoms with Crippen LogP contribution in [0.15, 0.2) is 36.4 Å². The maximum Gasteiger partial charge on any atom is 0.255 e. The molecule has 0 unspecified atom stereocenters. The molecule has 1 heterocycles. The van der Waals surface area contributed by atoms with E-state index in [2.05, 4.69) is 10.3 Å². The number of nitrogens with one attached hydrogen (secondary N) is 1. The third kappa shape index (κ3) is 3.34. The van der Waals surface area contributed by atoms with Gasteiger partial charge < -0.3 is 5.32 Å². The highest BCUT2D eigenvalue weighted by Crippen LogP contribution is 2.13. The molecule has 0 bridgehead atoms. The Labute approximate surface area is 109 Å². The quantitative estimate of drug-likeness (QED) is 0.863. The SMILES string of the molecule is CCc1cccc(NC(=O)c2cc(F)nc(F)c2)c1. The van der Waals surface area contributed by atoms with Crippen LogP contribution in [0.5, 0.6) is 0 Å². The van der Waals surface area contributed by atoms with E-state index in [1.807, 2.05) is 25.1 Å². The zero-order valence-corrected chi connectivity index (χ0v) is 10.3. The number of carbonyl (C=O) groups excluding carboxylic acids is 1. The molecule has 19 heavy (non-hydrogen) atoms. The summed E-state index contributed by atoms with van der Waals surface area (Å²) in [5, 5.41) is 2.59. The fourth-order valence-corrected chi connectivity index (χ4v) is 1.67. The average molecular weight is 262 g/mol. The summed E-state index contributed by atoms with van der Waals surface area (Å²) >= 11 is 0. The highest BCUT2D eigenvalue weighted by molar-refractivity contribution is 6.04. The van der Waals surface area contributed by atoms with Gasteiger partial charge in [-0.2, -0.15) is 13.8 Å². The number of nitrogens with zero attached hydrogens (tertiary/aromatic N) is 1. The van der Waals surface area contributed by atoms with Crippen LogP contribution in [0, 0.1) is 11.9 Å². The number of anilines is 1. The monoisotopic (exact) mass is 262 g/mol. The molecule has 0 saturated carbocycles. The normalized spacial score (nSPS) is 10.3. The summed E-state index contributed by atoms with van der Waals surface area (Å²) in [4.78, 5) is 14.8. The number of halogens is 2. The highest BCUT2D eigenvalue weighted by Gasteiger charge is 2.10. The van der Waals surface area contributed by atoms with E-state index in [1.165, 1.54) is 0 Å². The molecule has 0 spiro atoms. The topological polar surface area (TPSA) is 42.0 Å². The van der Waals surface area contributed by atoms with Crippen LogP contribution in [0.2, 0.25) is 0 Å². The number of hydrogen-bond donors (Lipinski definition) is 1. The average Bonchev–Trinajstić information content (AvgIpc) is 2.37. The number of hydrogen-bond acceptors (Lipinski definition) is 2. The van der Waals surface area contributed by atoms with E-state index < -0.39 is 17.8 Å². The van der Waals surface area contributed by atoms with Gasteiger partial charge in [0.2, 0.25) is 11.9 Å². The first kappa shape index (κ1) is 13.1. The largest absolute Gasteiger partial charge is 0.322 e.